The topological polar surface area (TPSA) is 59.8 Å². The van der Waals surface area contributed by atoms with E-state index < -0.39 is 5.54 Å². The molecule has 2 aromatic heterocycles. The van der Waals surface area contributed by atoms with Gasteiger partial charge in [-0.15, -0.1) is 11.3 Å². The first-order valence-electron chi connectivity index (χ1n) is 7.90. The highest BCUT2D eigenvalue weighted by Crippen LogP contribution is 2.26. The lowest BCUT2D eigenvalue weighted by molar-refractivity contribution is -0.122. The average Bonchev–Trinajstić information content (AvgIpc) is 3.29. The van der Waals surface area contributed by atoms with Crippen molar-refractivity contribution < 1.29 is 4.79 Å². The highest BCUT2D eigenvalue weighted by Gasteiger charge is 2.29. The molecule has 0 saturated carbocycles. The van der Waals surface area contributed by atoms with E-state index in [2.05, 4.69) is 22.3 Å². The fourth-order valence-corrected chi connectivity index (χ4v) is 3.34. The standard InChI is InChI=1S/C18H20N4OS/c1-3-18(2,17-19-10-12-24-17)21-16(23)13-14-5-7-15(8-6-14)22-11-4-9-20-22/h4-12H,3,13H2,1-2H3,(H,21,23)/t18-/m0/s1. The van der Waals surface area contributed by atoms with Crippen molar-refractivity contribution in [2.75, 3.05) is 0 Å². The van der Waals surface area contributed by atoms with Gasteiger partial charge in [0.2, 0.25) is 5.91 Å². The van der Waals surface area contributed by atoms with Gasteiger partial charge in [0.15, 0.2) is 0 Å². The smallest absolute Gasteiger partial charge is 0.225 e. The maximum atomic E-state index is 12.4. The zero-order chi connectivity index (χ0) is 17.0. The third kappa shape index (κ3) is 3.54. The SMILES string of the molecule is CC[C@](C)(NC(=O)Cc1ccc(-n2cccn2)cc1)c1nccs1. The van der Waals surface area contributed by atoms with Crippen LogP contribution in [0.4, 0.5) is 0 Å². The summed E-state index contributed by atoms with van der Waals surface area (Å²) in [6.07, 6.45) is 6.55. The van der Waals surface area contributed by atoms with E-state index in [0.29, 0.717) is 6.42 Å². The van der Waals surface area contributed by atoms with Crippen molar-refractivity contribution in [1.29, 1.82) is 0 Å². The molecule has 5 nitrogen and oxygen atoms in total. The van der Waals surface area contributed by atoms with E-state index >= 15 is 0 Å². The first-order valence-corrected chi connectivity index (χ1v) is 8.78. The van der Waals surface area contributed by atoms with E-state index in [1.807, 2.05) is 48.8 Å². The molecular formula is C18H20N4OS. The third-order valence-corrected chi connectivity index (χ3v) is 5.13. The fraction of sp³-hybridized carbons (Fsp3) is 0.278. The molecule has 0 aliphatic rings. The van der Waals surface area contributed by atoms with E-state index in [0.717, 1.165) is 22.7 Å². The van der Waals surface area contributed by atoms with Crippen molar-refractivity contribution in [3.8, 4) is 5.69 Å². The van der Waals surface area contributed by atoms with Gasteiger partial charge in [0.25, 0.3) is 0 Å². The Morgan fingerprint density at radius 3 is 2.67 bits per heavy atom. The van der Waals surface area contributed by atoms with E-state index in [9.17, 15) is 4.79 Å². The van der Waals surface area contributed by atoms with Crippen LogP contribution in [0.5, 0.6) is 0 Å². The molecule has 0 fully saturated rings. The summed E-state index contributed by atoms with van der Waals surface area (Å²) >= 11 is 1.57. The van der Waals surface area contributed by atoms with Gasteiger partial charge in [0.05, 0.1) is 17.6 Å². The summed E-state index contributed by atoms with van der Waals surface area (Å²) in [5.74, 6) is 0.00129. The number of benzene rings is 1. The summed E-state index contributed by atoms with van der Waals surface area (Å²) in [5.41, 5.74) is 1.53. The van der Waals surface area contributed by atoms with E-state index in [4.69, 9.17) is 0 Å². The first kappa shape index (κ1) is 16.4. The molecule has 24 heavy (non-hydrogen) atoms. The van der Waals surface area contributed by atoms with Crippen LogP contribution in [0.1, 0.15) is 30.8 Å². The monoisotopic (exact) mass is 340 g/mol. The highest BCUT2D eigenvalue weighted by molar-refractivity contribution is 7.09. The Hall–Kier alpha value is -2.47. The van der Waals surface area contributed by atoms with Gasteiger partial charge in [-0.2, -0.15) is 5.10 Å². The molecule has 0 bridgehead atoms. The number of carbonyl (C=O) groups is 1. The summed E-state index contributed by atoms with van der Waals surface area (Å²) in [6.45, 7) is 4.07. The molecule has 124 valence electrons. The number of nitrogens with one attached hydrogen (secondary N) is 1. The number of amides is 1. The van der Waals surface area contributed by atoms with Gasteiger partial charge in [0.1, 0.15) is 5.01 Å². The minimum absolute atomic E-state index is 0.00129. The van der Waals surface area contributed by atoms with Crippen LogP contribution in [0.15, 0.2) is 54.3 Å². The Balaban J connectivity index is 1.66. The van der Waals surface area contributed by atoms with E-state index in [-0.39, 0.29) is 5.91 Å². The minimum atomic E-state index is -0.416. The van der Waals surface area contributed by atoms with E-state index in [1.54, 1.807) is 28.4 Å². The van der Waals surface area contributed by atoms with Gasteiger partial charge in [-0.1, -0.05) is 19.1 Å². The molecule has 1 aromatic carbocycles. The molecule has 2 heterocycles. The number of thiazole rings is 1. The Morgan fingerprint density at radius 2 is 2.08 bits per heavy atom. The second-order valence-electron chi connectivity index (χ2n) is 5.86. The van der Waals surface area contributed by atoms with Crippen molar-refractivity contribution in [3.05, 3.63) is 64.9 Å². The molecule has 1 atom stereocenters. The number of rotatable bonds is 6. The van der Waals surface area contributed by atoms with Crippen LogP contribution in [0.3, 0.4) is 0 Å². The van der Waals surface area contributed by atoms with Crippen LogP contribution < -0.4 is 5.32 Å². The molecular weight excluding hydrogens is 320 g/mol. The predicted molar refractivity (Wildman–Crippen MR) is 95.2 cm³/mol. The Morgan fingerprint density at radius 1 is 1.29 bits per heavy atom. The van der Waals surface area contributed by atoms with Gasteiger partial charge in [-0.3, -0.25) is 4.79 Å². The molecule has 0 spiro atoms. The number of carbonyl (C=O) groups excluding carboxylic acids is 1. The third-order valence-electron chi connectivity index (χ3n) is 4.10. The molecule has 0 aliphatic carbocycles. The quantitative estimate of drug-likeness (QED) is 0.749. The van der Waals surface area contributed by atoms with E-state index in [1.165, 1.54) is 0 Å². The van der Waals surface area contributed by atoms with Crippen LogP contribution in [-0.4, -0.2) is 20.7 Å². The summed E-state index contributed by atoms with van der Waals surface area (Å²) in [7, 11) is 0. The molecule has 0 radical (unpaired) electrons. The maximum absolute atomic E-state index is 12.4. The molecule has 6 heteroatoms. The van der Waals surface area contributed by atoms with Crippen LogP contribution >= 0.6 is 11.3 Å². The Kier molecular flexibility index (Phi) is 4.76. The van der Waals surface area contributed by atoms with Gasteiger partial charge < -0.3 is 5.32 Å². The molecule has 0 saturated heterocycles. The minimum Gasteiger partial charge on any atom is -0.344 e. The predicted octanol–water partition coefficient (Wildman–Crippen LogP) is 3.31. The number of aromatic nitrogens is 3. The second-order valence-corrected chi connectivity index (χ2v) is 6.76. The van der Waals surface area contributed by atoms with Crippen LogP contribution in [-0.2, 0) is 16.8 Å². The lowest BCUT2D eigenvalue weighted by Crippen LogP contribution is -2.43. The van der Waals surface area contributed by atoms with Crippen molar-refractivity contribution in [1.82, 2.24) is 20.1 Å². The van der Waals surface area contributed by atoms with Gasteiger partial charge in [-0.05, 0) is 37.1 Å². The number of hydrogen-bond acceptors (Lipinski definition) is 4. The van der Waals surface area contributed by atoms with Gasteiger partial charge >= 0.3 is 0 Å². The normalized spacial score (nSPS) is 13.4. The maximum Gasteiger partial charge on any atom is 0.225 e. The Labute approximate surface area is 145 Å². The number of hydrogen-bond donors (Lipinski definition) is 1. The molecule has 3 aromatic rings. The molecule has 0 unspecified atom stereocenters. The summed E-state index contributed by atoms with van der Waals surface area (Å²) < 4.78 is 1.79. The van der Waals surface area contributed by atoms with Crippen molar-refractivity contribution in [3.63, 3.8) is 0 Å². The Bertz CT molecular complexity index is 781. The van der Waals surface area contributed by atoms with Crippen molar-refractivity contribution in [2.45, 2.75) is 32.2 Å². The zero-order valence-electron chi connectivity index (χ0n) is 13.8. The summed E-state index contributed by atoms with van der Waals surface area (Å²) in [5, 5.41) is 10.2. The summed E-state index contributed by atoms with van der Waals surface area (Å²) in [6, 6.07) is 9.74. The van der Waals surface area contributed by atoms with Crippen molar-refractivity contribution in [2.24, 2.45) is 0 Å². The molecule has 3 rings (SSSR count). The lowest BCUT2D eigenvalue weighted by Gasteiger charge is -2.27. The highest BCUT2D eigenvalue weighted by atomic mass is 32.1. The lowest BCUT2D eigenvalue weighted by atomic mass is 9.99. The largest absolute Gasteiger partial charge is 0.344 e. The van der Waals surface area contributed by atoms with Crippen LogP contribution in [0.2, 0.25) is 0 Å². The average molecular weight is 340 g/mol. The van der Waals surface area contributed by atoms with Crippen molar-refractivity contribution >= 4 is 17.2 Å². The summed E-state index contributed by atoms with van der Waals surface area (Å²) in [4.78, 5) is 16.8. The first-order chi connectivity index (χ1) is 11.6. The molecule has 0 aliphatic heterocycles. The van der Waals surface area contributed by atoms with Gasteiger partial charge in [-0.25, -0.2) is 9.67 Å². The van der Waals surface area contributed by atoms with Crippen LogP contribution in [0, 0.1) is 0 Å². The van der Waals surface area contributed by atoms with Crippen LogP contribution in [0.25, 0.3) is 5.69 Å². The molecule has 1 N–H and O–H groups in total. The zero-order valence-corrected chi connectivity index (χ0v) is 14.6. The fourth-order valence-electron chi connectivity index (χ4n) is 2.51. The number of nitrogens with zero attached hydrogens (tertiary/aromatic N) is 3. The molecule has 1 amide bonds. The second kappa shape index (κ2) is 6.97. The van der Waals surface area contributed by atoms with Gasteiger partial charge in [0, 0.05) is 24.0 Å².